The Hall–Kier alpha value is -3.05. The van der Waals surface area contributed by atoms with Crippen molar-refractivity contribution in [2.45, 2.75) is 24.2 Å². The number of para-hydroxylation sites is 1. The van der Waals surface area contributed by atoms with Crippen LogP contribution in [0, 0.1) is 23.2 Å². The third-order valence-electron chi connectivity index (χ3n) is 6.60. The van der Waals surface area contributed by atoms with Crippen molar-refractivity contribution in [2.24, 2.45) is 11.8 Å². The van der Waals surface area contributed by atoms with E-state index in [2.05, 4.69) is 16.5 Å². The third-order valence-corrected chi connectivity index (χ3v) is 6.60. The fourth-order valence-corrected chi connectivity index (χ4v) is 5.17. The molecule has 136 valence electrons. The fourth-order valence-electron chi connectivity index (χ4n) is 5.17. The SMILES string of the molecule is C[C@@H]1N(c2ccccc2C2(C#N)C3CNC[C@H]32)C(=O)O[C@@]12Oc1nocc12. The molecular weight excluding hydrogens is 348 g/mol. The van der Waals surface area contributed by atoms with Gasteiger partial charge in [-0.2, -0.15) is 5.26 Å². The molecule has 1 amide bonds. The van der Waals surface area contributed by atoms with E-state index in [0.29, 0.717) is 17.1 Å². The van der Waals surface area contributed by atoms with Gasteiger partial charge in [0, 0.05) is 24.9 Å². The highest BCUT2D eigenvalue weighted by Gasteiger charge is 2.70. The maximum Gasteiger partial charge on any atom is 0.418 e. The summed E-state index contributed by atoms with van der Waals surface area (Å²) in [6.45, 7) is 3.51. The van der Waals surface area contributed by atoms with Crippen LogP contribution in [-0.2, 0) is 15.9 Å². The summed E-state index contributed by atoms with van der Waals surface area (Å²) in [7, 11) is 0. The number of hydrogen-bond acceptors (Lipinski definition) is 7. The Kier molecular flexibility index (Phi) is 2.57. The van der Waals surface area contributed by atoms with Crippen molar-refractivity contribution < 1.29 is 18.8 Å². The van der Waals surface area contributed by atoms with Gasteiger partial charge in [-0.1, -0.05) is 18.2 Å². The van der Waals surface area contributed by atoms with Crippen LogP contribution in [0.3, 0.4) is 0 Å². The molecule has 8 heteroatoms. The Morgan fingerprint density at radius 1 is 1.26 bits per heavy atom. The number of carbonyl (C=O) groups excluding carboxylic acids is 1. The number of anilines is 1. The minimum Gasteiger partial charge on any atom is -0.425 e. The molecule has 1 aliphatic carbocycles. The second-order valence-electron chi connectivity index (χ2n) is 7.59. The van der Waals surface area contributed by atoms with E-state index < -0.39 is 23.3 Å². The Morgan fingerprint density at radius 3 is 2.78 bits per heavy atom. The average Bonchev–Trinajstić information content (AvgIpc) is 3.07. The van der Waals surface area contributed by atoms with Crippen LogP contribution in [0.2, 0.25) is 0 Å². The number of nitriles is 1. The van der Waals surface area contributed by atoms with Gasteiger partial charge in [-0.3, -0.25) is 4.90 Å². The number of hydrogen-bond donors (Lipinski definition) is 1. The molecule has 4 aliphatic rings. The van der Waals surface area contributed by atoms with Gasteiger partial charge in [0.05, 0.1) is 17.2 Å². The van der Waals surface area contributed by atoms with E-state index in [1.165, 1.54) is 6.26 Å². The first kappa shape index (κ1) is 15.1. The summed E-state index contributed by atoms with van der Waals surface area (Å²) in [6, 6.07) is 9.74. The van der Waals surface area contributed by atoms with Gasteiger partial charge in [0.25, 0.3) is 5.88 Å². The lowest BCUT2D eigenvalue weighted by Gasteiger charge is -2.37. The molecule has 2 unspecified atom stereocenters. The first-order valence-corrected chi connectivity index (χ1v) is 9.01. The van der Waals surface area contributed by atoms with E-state index in [1.54, 1.807) is 4.90 Å². The first-order valence-electron chi connectivity index (χ1n) is 9.01. The third kappa shape index (κ3) is 1.54. The first-order chi connectivity index (χ1) is 13.1. The van der Waals surface area contributed by atoms with Gasteiger partial charge in [0.15, 0.2) is 0 Å². The summed E-state index contributed by atoms with van der Waals surface area (Å²) in [4.78, 5) is 14.4. The Balaban J connectivity index is 1.45. The molecule has 3 aliphatic heterocycles. The van der Waals surface area contributed by atoms with Crippen LogP contribution in [-0.4, -0.2) is 30.4 Å². The zero-order chi connectivity index (χ0) is 18.4. The molecule has 6 rings (SSSR count). The minimum atomic E-state index is -1.21. The van der Waals surface area contributed by atoms with E-state index in [9.17, 15) is 10.1 Å². The summed E-state index contributed by atoms with van der Waals surface area (Å²) >= 11 is 0. The van der Waals surface area contributed by atoms with E-state index in [-0.39, 0.29) is 11.8 Å². The predicted molar refractivity (Wildman–Crippen MR) is 90.8 cm³/mol. The summed E-state index contributed by atoms with van der Waals surface area (Å²) in [6.07, 6.45) is 0.949. The van der Waals surface area contributed by atoms with Crippen molar-refractivity contribution in [1.82, 2.24) is 10.5 Å². The van der Waals surface area contributed by atoms with E-state index >= 15 is 0 Å². The molecule has 0 radical (unpaired) electrons. The van der Waals surface area contributed by atoms with Gasteiger partial charge >= 0.3 is 11.9 Å². The van der Waals surface area contributed by atoms with Gasteiger partial charge in [-0.15, -0.1) is 0 Å². The Morgan fingerprint density at radius 2 is 2.04 bits per heavy atom. The van der Waals surface area contributed by atoms with Crippen LogP contribution in [0.4, 0.5) is 10.5 Å². The lowest BCUT2D eigenvalue weighted by molar-refractivity contribution is -0.170. The van der Waals surface area contributed by atoms with Gasteiger partial charge in [0.1, 0.15) is 17.9 Å². The molecule has 2 aromatic rings. The molecule has 1 spiro atoms. The maximum absolute atomic E-state index is 12.8. The molecule has 5 atom stereocenters. The molecule has 1 N–H and O–H groups in total. The van der Waals surface area contributed by atoms with E-state index in [4.69, 9.17) is 14.0 Å². The number of aromatic nitrogens is 1. The number of piperidine rings is 1. The van der Waals surface area contributed by atoms with Crippen LogP contribution >= 0.6 is 0 Å². The highest BCUT2D eigenvalue weighted by molar-refractivity contribution is 5.93. The summed E-state index contributed by atoms with van der Waals surface area (Å²) < 4.78 is 16.3. The van der Waals surface area contributed by atoms with Crippen LogP contribution in [0.25, 0.3) is 0 Å². The quantitative estimate of drug-likeness (QED) is 0.868. The summed E-state index contributed by atoms with van der Waals surface area (Å²) in [5.74, 6) is -0.311. The van der Waals surface area contributed by atoms with Crippen molar-refractivity contribution >= 4 is 11.8 Å². The highest BCUT2D eigenvalue weighted by atomic mass is 16.8. The Labute approximate surface area is 154 Å². The minimum absolute atomic E-state index is 0.274. The standard InChI is InChI=1S/C19H16N4O4/c1-10-19(14-8-25-22-16(14)26-19)27-17(24)23(10)15-5-3-2-4-11(15)18(9-20)12-6-21-7-13(12)18/h2-5,8,10,12-13,21H,6-7H2,1H3/t10-,12+,13?,18?,19-/m0/s1. The highest BCUT2D eigenvalue weighted by Crippen LogP contribution is 2.63. The van der Waals surface area contributed by atoms with Crippen molar-refractivity contribution in [2.75, 3.05) is 18.0 Å². The number of ether oxygens (including phenoxy) is 2. The topological polar surface area (TPSA) is 101 Å². The second-order valence-corrected chi connectivity index (χ2v) is 7.59. The van der Waals surface area contributed by atoms with Gasteiger partial charge in [-0.25, -0.2) is 4.79 Å². The maximum atomic E-state index is 12.8. The largest absolute Gasteiger partial charge is 0.425 e. The smallest absolute Gasteiger partial charge is 0.418 e. The molecule has 0 bridgehead atoms. The van der Waals surface area contributed by atoms with E-state index in [1.807, 2.05) is 31.2 Å². The van der Waals surface area contributed by atoms with Crippen LogP contribution in [0.15, 0.2) is 35.1 Å². The number of rotatable bonds is 2. The number of benzene rings is 1. The lowest BCUT2D eigenvalue weighted by Crippen LogP contribution is -2.51. The molecule has 2 saturated heterocycles. The van der Waals surface area contributed by atoms with Crippen LogP contribution in [0.5, 0.6) is 5.88 Å². The zero-order valence-electron chi connectivity index (χ0n) is 14.5. The monoisotopic (exact) mass is 364 g/mol. The number of amides is 1. The second kappa shape index (κ2) is 4.61. The van der Waals surface area contributed by atoms with Crippen LogP contribution < -0.4 is 15.0 Å². The van der Waals surface area contributed by atoms with Crippen molar-refractivity contribution in [3.63, 3.8) is 0 Å². The summed E-state index contributed by atoms with van der Waals surface area (Å²) in [5.41, 5.74) is 1.66. The molecule has 3 fully saturated rings. The predicted octanol–water partition coefficient (Wildman–Crippen LogP) is 1.88. The molecule has 4 heterocycles. The van der Waals surface area contributed by atoms with Crippen molar-refractivity contribution in [1.29, 1.82) is 5.26 Å². The number of carbonyl (C=O) groups is 1. The van der Waals surface area contributed by atoms with Gasteiger partial charge in [0.2, 0.25) is 0 Å². The number of fused-ring (bicyclic) bond motifs is 3. The molecule has 1 aromatic heterocycles. The average molecular weight is 364 g/mol. The van der Waals surface area contributed by atoms with Crippen molar-refractivity contribution in [3.05, 3.63) is 41.7 Å². The van der Waals surface area contributed by atoms with Crippen molar-refractivity contribution in [3.8, 4) is 11.9 Å². The normalized spacial score (nSPS) is 37.9. The number of nitrogens with one attached hydrogen (secondary N) is 1. The van der Waals surface area contributed by atoms with Gasteiger partial charge in [-0.05, 0) is 23.7 Å². The summed E-state index contributed by atoms with van der Waals surface area (Å²) in [5, 5.41) is 17.1. The van der Waals surface area contributed by atoms with E-state index in [0.717, 1.165) is 18.7 Å². The molecule has 27 heavy (non-hydrogen) atoms. The number of nitrogens with zero attached hydrogens (tertiary/aromatic N) is 3. The Bertz CT molecular complexity index is 1020. The van der Waals surface area contributed by atoms with Gasteiger partial charge < -0.3 is 19.3 Å². The molecule has 8 nitrogen and oxygen atoms in total. The van der Waals surface area contributed by atoms with Crippen LogP contribution in [0.1, 0.15) is 18.1 Å². The molecular formula is C19H16N4O4. The zero-order valence-corrected chi connectivity index (χ0v) is 14.5. The molecule has 1 aromatic carbocycles. The molecule has 1 saturated carbocycles. The fraction of sp³-hybridized carbons (Fsp3) is 0.421. The lowest BCUT2D eigenvalue weighted by atomic mass is 9.89.